The van der Waals surface area contributed by atoms with Gasteiger partial charge in [0.05, 0.1) is 11.4 Å². The van der Waals surface area contributed by atoms with Crippen LogP contribution in [0, 0.1) is 0 Å². The van der Waals surface area contributed by atoms with Gasteiger partial charge in [0, 0.05) is 24.8 Å². The highest BCUT2D eigenvalue weighted by Gasteiger charge is 2.28. The molecule has 1 saturated carbocycles. The molecule has 1 fully saturated rings. The molecule has 1 unspecified atom stereocenters. The van der Waals surface area contributed by atoms with Crippen molar-refractivity contribution in [1.29, 1.82) is 0 Å². The molecule has 1 aliphatic carbocycles. The van der Waals surface area contributed by atoms with E-state index in [1.807, 2.05) is 11.9 Å². The molecule has 1 N–H and O–H groups in total. The zero-order chi connectivity index (χ0) is 20.0. The molecule has 152 valence electrons. The Morgan fingerprint density at radius 1 is 1.15 bits per heavy atom. The first-order chi connectivity index (χ1) is 12.8. The SMILES string of the molecule is CCC(C)N(C)CC(=O)Nc1ccc(S(=O)(=O)N(C)C2CCCCC2)cc1. The topological polar surface area (TPSA) is 69.7 Å². The van der Waals surface area contributed by atoms with Gasteiger partial charge in [0.2, 0.25) is 15.9 Å². The molecule has 0 heterocycles. The van der Waals surface area contributed by atoms with Gasteiger partial charge in [-0.15, -0.1) is 0 Å². The number of carbonyl (C=O) groups excluding carboxylic acids is 1. The Morgan fingerprint density at radius 2 is 1.74 bits per heavy atom. The van der Waals surface area contributed by atoms with E-state index in [1.165, 1.54) is 10.7 Å². The van der Waals surface area contributed by atoms with Crippen LogP contribution >= 0.6 is 0 Å². The molecule has 0 radical (unpaired) electrons. The van der Waals surface area contributed by atoms with Gasteiger partial charge in [-0.05, 0) is 57.5 Å². The van der Waals surface area contributed by atoms with Gasteiger partial charge in [0.25, 0.3) is 0 Å². The zero-order valence-electron chi connectivity index (χ0n) is 16.9. The van der Waals surface area contributed by atoms with Gasteiger partial charge >= 0.3 is 0 Å². The second kappa shape index (κ2) is 9.66. The van der Waals surface area contributed by atoms with Crippen LogP contribution in [-0.2, 0) is 14.8 Å². The van der Waals surface area contributed by atoms with Crippen molar-refractivity contribution < 1.29 is 13.2 Å². The number of carbonyl (C=O) groups is 1. The summed E-state index contributed by atoms with van der Waals surface area (Å²) in [5, 5.41) is 2.83. The van der Waals surface area contributed by atoms with E-state index in [-0.39, 0.29) is 16.8 Å². The van der Waals surface area contributed by atoms with Crippen molar-refractivity contribution in [2.45, 2.75) is 69.4 Å². The molecular weight excluding hydrogens is 362 g/mol. The smallest absolute Gasteiger partial charge is 0.243 e. The summed E-state index contributed by atoms with van der Waals surface area (Å²) in [5.74, 6) is -0.104. The van der Waals surface area contributed by atoms with Crippen LogP contribution in [0.25, 0.3) is 0 Å². The second-order valence-electron chi connectivity index (χ2n) is 7.56. The fraction of sp³-hybridized carbons (Fsp3) is 0.650. The molecule has 1 amide bonds. The van der Waals surface area contributed by atoms with Crippen molar-refractivity contribution >= 4 is 21.6 Å². The maximum Gasteiger partial charge on any atom is 0.243 e. The van der Waals surface area contributed by atoms with E-state index < -0.39 is 10.0 Å². The lowest BCUT2D eigenvalue weighted by Crippen LogP contribution is -2.38. The third kappa shape index (κ3) is 5.77. The minimum Gasteiger partial charge on any atom is -0.325 e. The summed E-state index contributed by atoms with van der Waals surface area (Å²) < 4.78 is 27.2. The minimum atomic E-state index is -3.51. The van der Waals surface area contributed by atoms with Crippen molar-refractivity contribution in [3.8, 4) is 0 Å². The van der Waals surface area contributed by atoms with Gasteiger partial charge in [-0.2, -0.15) is 4.31 Å². The molecule has 1 aliphatic rings. The molecule has 1 aromatic rings. The standard InChI is InChI=1S/C20H33N3O3S/c1-5-16(2)22(3)15-20(24)21-17-11-13-19(14-12-17)27(25,26)23(4)18-9-7-6-8-10-18/h11-14,16,18H,5-10,15H2,1-4H3,(H,21,24). The zero-order valence-corrected chi connectivity index (χ0v) is 17.8. The van der Waals surface area contributed by atoms with E-state index in [2.05, 4.69) is 19.2 Å². The number of likely N-dealkylation sites (N-methyl/N-ethyl adjacent to an activating group) is 1. The number of rotatable bonds is 8. The van der Waals surface area contributed by atoms with Crippen LogP contribution in [0.3, 0.4) is 0 Å². The molecule has 0 bridgehead atoms. The highest BCUT2D eigenvalue weighted by Crippen LogP contribution is 2.27. The third-order valence-electron chi connectivity index (χ3n) is 5.64. The van der Waals surface area contributed by atoms with Gasteiger partial charge in [-0.3, -0.25) is 9.69 Å². The van der Waals surface area contributed by atoms with Crippen LogP contribution in [0.2, 0.25) is 0 Å². The molecule has 27 heavy (non-hydrogen) atoms. The summed E-state index contributed by atoms with van der Waals surface area (Å²) in [6.45, 7) is 4.47. The summed E-state index contributed by atoms with van der Waals surface area (Å²) in [5.41, 5.74) is 0.608. The van der Waals surface area contributed by atoms with Crippen molar-refractivity contribution in [2.24, 2.45) is 0 Å². The monoisotopic (exact) mass is 395 g/mol. The Kier molecular flexibility index (Phi) is 7.82. The average molecular weight is 396 g/mol. The molecule has 0 saturated heterocycles. The molecule has 6 nitrogen and oxygen atoms in total. The van der Waals surface area contributed by atoms with Gasteiger partial charge < -0.3 is 5.32 Å². The van der Waals surface area contributed by atoms with Crippen LogP contribution in [0.4, 0.5) is 5.69 Å². The van der Waals surface area contributed by atoms with Crippen molar-refractivity contribution in [1.82, 2.24) is 9.21 Å². The maximum atomic E-state index is 12.9. The van der Waals surface area contributed by atoms with E-state index in [1.54, 1.807) is 31.3 Å². The number of hydrogen-bond donors (Lipinski definition) is 1. The number of sulfonamides is 1. The van der Waals surface area contributed by atoms with E-state index in [9.17, 15) is 13.2 Å². The summed E-state index contributed by atoms with van der Waals surface area (Å²) >= 11 is 0. The van der Waals surface area contributed by atoms with Crippen LogP contribution in [-0.4, -0.2) is 56.3 Å². The molecule has 0 aliphatic heterocycles. The average Bonchev–Trinajstić information content (AvgIpc) is 2.67. The Morgan fingerprint density at radius 3 is 2.30 bits per heavy atom. The number of nitrogens with one attached hydrogen (secondary N) is 1. The second-order valence-corrected chi connectivity index (χ2v) is 9.56. The summed E-state index contributed by atoms with van der Waals surface area (Å²) in [4.78, 5) is 14.4. The highest BCUT2D eigenvalue weighted by molar-refractivity contribution is 7.89. The van der Waals surface area contributed by atoms with Crippen LogP contribution < -0.4 is 5.32 Å². The Bertz CT molecular complexity index is 712. The van der Waals surface area contributed by atoms with E-state index in [0.29, 0.717) is 18.3 Å². The molecule has 1 atom stereocenters. The molecule has 7 heteroatoms. The Hall–Kier alpha value is -1.44. The first-order valence-electron chi connectivity index (χ1n) is 9.84. The number of nitrogens with zero attached hydrogens (tertiary/aromatic N) is 2. The van der Waals surface area contributed by atoms with Crippen LogP contribution in [0.1, 0.15) is 52.4 Å². The third-order valence-corrected chi connectivity index (χ3v) is 7.56. The summed E-state index contributed by atoms with van der Waals surface area (Å²) in [6, 6.07) is 6.87. The predicted octanol–water partition coefficient (Wildman–Crippen LogP) is 3.31. The number of anilines is 1. The van der Waals surface area contributed by atoms with E-state index in [0.717, 1.165) is 32.1 Å². The Labute approximate surface area is 164 Å². The lowest BCUT2D eigenvalue weighted by molar-refractivity contribution is -0.117. The first kappa shape index (κ1) is 21.9. The quantitative estimate of drug-likeness (QED) is 0.733. The number of amides is 1. The van der Waals surface area contributed by atoms with E-state index >= 15 is 0 Å². The van der Waals surface area contributed by atoms with Crippen LogP contribution in [0.5, 0.6) is 0 Å². The number of benzene rings is 1. The van der Waals surface area contributed by atoms with Crippen molar-refractivity contribution in [3.05, 3.63) is 24.3 Å². The van der Waals surface area contributed by atoms with Gasteiger partial charge in [0.1, 0.15) is 0 Å². The minimum absolute atomic E-state index is 0.0826. The fourth-order valence-electron chi connectivity index (χ4n) is 3.41. The highest BCUT2D eigenvalue weighted by atomic mass is 32.2. The Balaban J connectivity index is 2.00. The van der Waals surface area contributed by atoms with Crippen molar-refractivity contribution in [3.63, 3.8) is 0 Å². The molecule has 0 aromatic heterocycles. The maximum absolute atomic E-state index is 12.9. The summed E-state index contributed by atoms with van der Waals surface area (Å²) in [6.07, 6.45) is 6.18. The van der Waals surface area contributed by atoms with E-state index in [4.69, 9.17) is 0 Å². The van der Waals surface area contributed by atoms with Crippen LogP contribution in [0.15, 0.2) is 29.2 Å². The van der Waals surface area contributed by atoms with Gasteiger partial charge in [0.15, 0.2) is 0 Å². The van der Waals surface area contributed by atoms with Crippen molar-refractivity contribution in [2.75, 3.05) is 26.0 Å². The normalized spacial score (nSPS) is 17.3. The molecule has 1 aromatic carbocycles. The lowest BCUT2D eigenvalue weighted by Gasteiger charge is -2.30. The molecule has 0 spiro atoms. The fourth-order valence-corrected chi connectivity index (χ4v) is 4.83. The first-order valence-corrected chi connectivity index (χ1v) is 11.3. The molecule has 2 rings (SSSR count). The van der Waals surface area contributed by atoms with Gasteiger partial charge in [-0.1, -0.05) is 26.2 Å². The predicted molar refractivity (Wildman–Crippen MR) is 109 cm³/mol. The summed E-state index contributed by atoms with van der Waals surface area (Å²) in [7, 11) is 0.0884. The molecular formula is C20H33N3O3S. The van der Waals surface area contributed by atoms with Gasteiger partial charge in [-0.25, -0.2) is 8.42 Å². The lowest BCUT2D eigenvalue weighted by atomic mass is 9.96. The number of hydrogen-bond acceptors (Lipinski definition) is 4. The largest absolute Gasteiger partial charge is 0.325 e.